The summed E-state index contributed by atoms with van der Waals surface area (Å²) < 4.78 is 15.5. The van der Waals surface area contributed by atoms with Crippen molar-refractivity contribution >= 4 is 11.7 Å². The van der Waals surface area contributed by atoms with E-state index in [1.807, 2.05) is 6.92 Å². The number of non-ortho nitro benzene ring substituents is 1. The number of carbonyl (C=O) groups excluding carboxylic acids is 1. The first kappa shape index (κ1) is 15.7. The zero-order valence-corrected chi connectivity index (χ0v) is 12.0. The number of nitro benzene ring substituents is 1. The number of fused-ring (bicyclic) bond motifs is 1. The van der Waals surface area contributed by atoms with E-state index in [0.29, 0.717) is 16.9 Å². The third-order valence-corrected chi connectivity index (χ3v) is 2.89. The van der Waals surface area contributed by atoms with E-state index in [1.54, 1.807) is 18.2 Å². The lowest BCUT2D eigenvalue weighted by Gasteiger charge is -2.20. The highest BCUT2D eigenvalue weighted by molar-refractivity contribution is 5.82. The predicted octanol–water partition coefficient (Wildman–Crippen LogP) is 2.64. The molecular weight excluding hydrogens is 290 g/mol. The molecule has 1 aliphatic rings. The number of esters is 1. The second-order valence-corrected chi connectivity index (χ2v) is 4.45. The molecule has 0 fully saturated rings. The molecule has 7 nitrogen and oxygen atoms in total. The molecule has 2 rings (SSSR count). The van der Waals surface area contributed by atoms with Crippen molar-refractivity contribution in [3.8, 4) is 5.75 Å². The Bertz CT molecular complexity index is 635. The van der Waals surface area contributed by atoms with Crippen LogP contribution in [0.2, 0.25) is 0 Å². The number of hydrogen-bond acceptors (Lipinski definition) is 6. The quantitative estimate of drug-likeness (QED) is 0.273. The Hall–Kier alpha value is -2.67. The minimum atomic E-state index is -0.537. The SMILES string of the molecule is C/C=C/C=C/C(=O)OCc1cc([N+](=O)[O-])cc2c1OCOC2. The first-order valence-corrected chi connectivity index (χ1v) is 6.58. The molecule has 0 atom stereocenters. The lowest BCUT2D eigenvalue weighted by Crippen LogP contribution is -2.14. The van der Waals surface area contributed by atoms with E-state index in [9.17, 15) is 14.9 Å². The molecule has 0 spiro atoms. The van der Waals surface area contributed by atoms with Crippen molar-refractivity contribution in [1.82, 2.24) is 0 Å². The van der Waals surface area contributed by atoms with Crippen molar-refractivity contribution in [1.29, 1.82) is 0 Å². The maximum atomic E-state index is 11.5. The summed E-state index contributed by atoms with van der Waals surface area (Å²) in [5.74, 6) is -0.0625. The van der Waals surface area contributed by atoms with E-state index in [-0.39, 0.29) is 25.7 Å². The first-order chi connectivity index (χ1) is 10.6. The van der Waals surface area contributed by atoms with E-state index < -0.39 is 10.9 Å². The van der Waals surface area contributed by atoms with Gasteiger partial charge in [0.1, 0.15) is 12.4 Å². The van der Waals surface area contributed by atoms with Gasteiger partial charge in [-0.1, -0.05) is 18.2 Å². The van der Waals surface area contributed by atoms with E-state index in [4.69, 9.17) is 14.2 Å². The van der Waals surface area contributed by atoms with Gasteiger partial charge in [0.25, 0.3) is 5.69 Å². The van der Waals surface area contributed by atoms with Crippen LogP contribution >= 0.6 is 0 Å². The maximum Gasteiger partial charge on any atom is 0.331 e. The summed E-state index contributed by atoms with van der Waals surface area (Å²) in [4.78, 5) is 22.0. The van der Waals surface area contributed by atoms with Gasteiger partial charge in [-0.2, -0.15) is 0 Å². The monoisotopic (exact) mass is 305 g/mol. The number of allylic oxidation sites excluding steroid dienone is 3. The van der Waals surface area contributed by atoms with Gasteiger partial charge in [0, 0.05) is 29.3 Å². The number of hydrogen-bond donors (Lipinski definition) is 0. The molecule has 0 radical (unpaired) electrons. The lowest BCUT2D eigenvalue weighted by atomic mass is 10.1. The molecule has 0 saturated carbocycles. The normalized spacial score (nSPS) is 13.9. The number of ether oxygens (including phenoxy) is 3. The van der Waals surface area contributed by atoms with Crippen LogP contribution in [0.25, 0.3) is 0 Å². The number of rotatable bonds is 5. The highest BCUT2D eigenvalue weighted by Gasteiger charge is 2.21. The summed E-state index contributed by atoms with van der Waals surface area (Å²) in [6.45, 7) is 2.00. The third-order valence-electron chi connectivity index (χ3n) is 2.89. The van der Waals surface area contributed by atoms with Crippen molar-refractivity contribution < 1.29 is 23.9 Å². The molecule has 1 aromatic rings. The van der Waals surface area contributed by atoms with Gasteiger partial charge in [0.15, 0.2) is 6.79 Å². The van der Waals surface area contributed by atoms with Crippen LogP contribution in [0.1, 0.15) is 18.1 Å². The van der Waals surface area contributed by atoms with Crippen LogP contribution in [0.3, 0.4) is 0 Å². The summed E-state index contributed by atoms with van der Waals surface area (Å²) in [5, 5.41) is 10.9. The third kappa shape index (κ3) is 3.92. The molecule has 1 aliphatic heterocycles. The van der Waals surface area contributed by atoms with Gasteiger partial charge in [0.2, 0.25) is 0 Å². The Labute approximate surface area is 126 Å². The van der Waals surface area contributed by atoms with Crippen LogP contribution in [-0.2, 0) is 27.5 Å². The van der Waals surface area contributed by atoms with Crippen molar-refractivity contribution in [2.45, 2.75) is 20.1 Å². The molecular formula is C15H15NO6. The molecule has 0 amide bonds. The Morgan fingerprint density at radius 3 is 3.00 bits per heavy atom. The molecule has 0 N–H and O–H groups in total. The Morgan fingerprint density at radius 2 is 2.27 bits per heavy atom. The van der Waals surface area contributed by atoms with Gasteiger partial charge in [0.05, 0.1) is 11.5 Å². The largest absolute Gasteiger partial charge is 0.467 e. The molecule has 7 heteroatoms. The second-order valence-electron chi connectivity index (χ2n) is 4.45. The van der Waals surface area contributed by atoms with E-state index in [0.717, 1.165) is 0 Å². The summed E-state index contributed by atoms with van der Waals surface area (Å²) in [6.07, 6.45) is 6.29. The minimum absolute atomic E-state index is 0.0625. The van der Waals surface area contributed by atoms with Crippen LogP contribution < -0.4 is 4.74 Å². The molecule has 0 aliphatic carbocycles. The Morgan fingerprint density at radius 1 is 1.45 bits per heavy atom. The van der Waals surface area contributed by atoms with E-state index in [2.05, 4.69) is 0 Å². The van der Waals surface area contributed by atoms with Gasteiger partial charge in [-0.25, -0.2) is 4.79 Å². The molecule has 0 aromatic heterocycles. The molecule has 116 valence electrons. The lowest BCUT2D eigenvalue weighted by molar-refractivity contribution is -0.385. The van der Waals surface area contributed by atoms with Gasteiger partial charge < -0.3 is 14.2 Å². The zero-order valence-electron chi connectivity index (χ0n) is 12.0. The average Bonchev–Trinajstić information content (AvgIpc) is 2.52. The molecule has 1 heterocycles. The first-order valence-electron chi connectivity index (χ1n) is 6.58. The Kier molecular flexibility index (Phi) is 5.26. The predicted molar refractivity (Wildman–Crippen MR) is 77.1 cm³/mol. The van der Waals surface area contributed by atoms with Gasteiger partial charge in [-0.15, -0.1) is 0 Å². The number of carbonyl (C=O) groups is 1. The standard InChI is InChI=1S/C15H15NO6/c1-2-3-4-5-14(17)21-9-12-7-13(16(18)19)6-11-8-20-10-22-15(11)12/h2-7H,8-10H2,1H3/b3-2+,5-4+. The van der Waals surface area contributed by atoms with Gasteiger partial charge in [-0.05, 0) is 6.92 Å². The number of nitro groups is 1. The molecule has 22 heavy (non-hydrogen) atoms. The second kappa shape index (κ2) is 7.37. The summed E-state index contributed by atoms with van der Waals surface area (Å²) in [5.41, 5.74) is 0.916. The fourth-order valence-corrected chi connectivity index (χ4v) is 1.94. The van der Waals surface area contributed by atoms with Crippen molar-refractivity contribution in [2.24, 2.45) is 0 Å². The van der Waals surface area contributed by atoms with Crippen molar-refractivity contribution in [3.05, 3.63) is 57.7 Å². The Balaban J connectivity index is 2.17. The average molecular weight is 305 g/mol. The molecule has 1 aromatic carbocycles. The fourth-order valence-electron chi connectivity index (χ4n) is 1.94. The molecule has 0 saturated heterocycles. The van der Waals surface area contributed by atoms with Crippen molar-refractivity contribution in [2.75, 3.05) is 6.79 Å². The van der Waals surface area contributed by atoms with Gasteiger partial charge >= 0.3 is 5.97 Å². The number of nitrogens with zero attached hydrogens (tertiary/aromatic N) is 1. The highest BCUT2D eigenvalue weighted by atomic mass is 16.7. The smallest absolute Gasteiger partial charge is 0.331 e. The highest BCUT2D eigenvalue weighted by Crippen LogP contribution is 2.33. The van der Waals surface area contributed by atoms with E-state index in [1.165, 1.54) is 18.2 Å². The summed E-state index contributed by atoms with van der Waals surface area (Å²) in [7, 11) is 0. The fraction of sp³-hybridized carbons (Fsp3) is 0.267. The number of benzene rings is 1. The minimum Gasteiger partial charge on any atom is -0.467 e. The van der Waals surface area contributed by atoms with Crippen LogP contribution in [0.4, 0.5) is 5.69 Å². The zero-order chi connectivity index (χ0) is 15.9. The van der Waals surface area contributed by atoms with Crippen LogP contribution in [0.15, 0.2) is 36.4 Å². The molecule has 0 unspecified atom stereocenters. The van der Waals surface area contributed by atoms with E-state index >= 15 is 0 Å². The van der Waals surface area contributed by atoms with Crippen LogP contribution in [0, 0.1) is 10.1 Å². The van der Waals surface area contributed by atoms with Crippen LogP contribution in [-0.4, -0.2) is 17.7 Å². The molecule has 0 bridgehead atoms. The topological polar surface area (TPSA) is 87.9 Å². The van der Waals surface area contributed by atoms with Gasteiger partial charge in [-0.3, -0.25) is 10.1 Å². The van der Waals surface area contributed by atoms with Crippen LogP contribution in [0.5, 0.6) is 5.75 Å². The van der Waals surface area contributed by atoms with Crippen molar-refractivity contribution in [3.63, 3.8) is 0 Å². The summed E-state index contributed by atoms with van der Waals surface area (Å²) in [6, 6.07) is 2.73. The summed E-state index contributed by atoms with van der Waals surface area (Å²) >= 11 is 0. The maximum absolute atomic E-state index is 11.5.